The number of allylic oxidation sites excluding steroid dienone is 12. The van der Waals surface area contributed by atoms with Gasteiger partial charge in [0.25, 0.3) is 0 Å². The maximum Gasteiger partial charge on any atom is 0.472 e. The molecular formula is C43H73O8P. The zero-order valence-corrected chi connectivity index (χ0v) is 33.8. The molecule has 0 aliphatic rings. The zero-order chi connectivity index (χ0) is 38.2. The van der Waals surface area contributed by atoms with Gasteiger partial charge in [-0.2, -0.15) is 0 Å². The Labute approximate surface area is 317 Å². The van der Waals surface area contributed by atoms with Crippen molar-refractivity contribution in [3.05, 3.63) is 72.9 Å². The lowest BCUT2D eigenvalue weighted by molar-refractivity contribution is -0.161. The van der Waals surface area contributed by atoms with Crippen LogP contribution in [-0.2, 0) is 32.7 Å². The van der Waals surface area contributed by atoms with Crippen LogP contribution in [0, 0.1) is 0 Å². The lowest BCUT2D eigenvalue weighted by atomic mass is 10.1. The summed E-state index contributed by atoms with van der Waals surface area (Å²) in [6.45, 7) is 3.70. The van der Waals surface area contributed by atoms with E-state index < -0.39 is 32.5 Å². The van der Waals surface area contributed by atoms with Crippen molar-refractivity contribution in [3.63, 3.8) is 0 Å². The number of unbranched alkanes of at least 4 members (excludes halogenated alkanes) is 13. The number of hydrogen-bond acceptors (Lipinski definition) is 7. The summed E-state index contributed by atoms with van der Waals surface area (Å²) < 4.78 is 31.9. The van der Waals surface area contributed by atoms with Gasteiger partial charge in [-0.3, -0.25) is 18.6 Å². The van der Waals surface area contributed by atoms with Crippen LogP contribution in [0.25, 0.3) is 0 Å². The fourth-order valence-electron chi connectivity index (χ4n) is 5.09. The highest BCUT2D eigenvalue weighted by molar-refractivity contribution is 7.47. The monoisotopic (exact) mass is 749 g/mol. The second kappa shape index (κ2) is 38.2. The molecular weight excluding hydrogens is 675 g/mol. The molecule has 298 valence electrons. The molecule has 0 aromatic heterocycles. The van der Waals surface area contributed by atoms with E-state index in [1.165, 1.54) is 51.4 Å². The number of esters is 2. The molecule has 0 radical (unpaired) electrons. The van der Waals surface area contributed by atoms with E-state index in [1.807, 2.05) is 0 Å². The van der Waals surface area contributed by atoms with E-state index >= 15 is 0 Å². The first-order valence-electron chi connectivity index (χ1n) is 20.1. The minimum absolute atomic E-state index is 0.187. The number of phosphoric ester groups is 1. The fourth-order valence-corrected chi connectivity index (χ4v) is 5.55. The molecule has 2 unspecified atom stereocenters. The van der Waals surface area contributed by atoms with Crippen LogP contribution in [-0.4, -0.2) is 43.3 Å². The Bertz CT molecular complexity index is 1080. The average Bonchev–Trinajstić information content (AvgIpc) is 3.13. The molecule has 0 spiro atoms. The Morgan fingerprint density at radius 2 is 0.981 bits per heavy atom. The number of hydrogen-bond donors (Lipinski definition) is 1. The lowest BCUT2D eigenvalue weighted by Gasteiger charge is -2.19. The summed E-state index contributed by atoms with van der Waals surface area (Å²) in [7, 11) is -3.23. The number of ether oxygens (including phenoxy) is 2. The van der Waals surface area contributed by atoms with Gasteiger partial charge in [-0.1, -0.05) is 138 Å². The summed E-state index contributed by atoms with van der Waals surface area (Å²) in [6.07, 6.45) is 48.1. The predicted octanol–water partition coefficient (Wildman–Crippen LogP) is 12.6. The first-order valence-corrected chi connectivity index (χ1v) is 21.6. The summed E-state index contributed by atoms with van der Waals surface area (Å²) in [6, 6.07) is 0. The molecule has 2 atom stereocenters. The number of phosphoric acid groups is 1. The first kappa shape index (κ1) is 49.5. The first-order chi connectivity index (χ1) is 25.3. The van der Waals surface area contributed by atoms with Crippen LogP contribution in [0.5, 0.6) is 0 Å². The van der Waals surface area contributed by atoms with Gasteiger partial charge in [0.05, 0.1) is 6.61 Å². The van der Waals surface area contributed by atoms with Crippen molar-refractivity contribution in [1.82, 2.24) is 0 Å². The summed E-state index contributed by atoms with van der Waals surface area (Å²) in [5.41, 5.74) is 0. The maximum absolute atomic E-state index is 12.5. The minimum Gasteiger partial charge on any atom is -0.462 e. The number of rotatable bonds is 36. The van der Waals surface area contributed by atoms with Crippen LogP contribution in [0.15, 0.2) is 72.9 Å². The molecule has 9 heteroatoms. The quantitative estimate of drug-likeness (QED) is 0.0292. The van der Waals surface area contributed by atoms with Gasteiger partial charge in [0.2, 0.25) is 0 Å². The van der Waals surface area contributed by atoms with Gasteiger partial charge in [0.15, 0.2) is 6.10 Å². The van der Waals surface area contributed by atoms with E-state index in [-0.39, 0.29) is 19.4 Å². The SMILES string of the molecule is CC/C=C\C/C=C\C/C=C\C/C=C\CCCCC(=O)OC(COC(=O)CCCCCCCCC/C=C\C/C=C\CCCCCC)COP(=O)(O)OC. The topological polar surface area (TPSA) is 108 Å². The molecule has 0 fully saturated rings. The highest BCUT2D eigenvalue weighted by atomic mass is 31.2. The second-order valence-corrected chi connectivity index (χ2v) is 14.6. The predicted molar refractivity (Wildman–Crippen MR) is 216 cm³/mol. The van der Waals surface area contributed by atoms with Crippen LogP contribution >= 0.6 is 7.82 Å². The number of carbonyl (C=O) groups excluding carboxylic acids is 2. The van der Waals surface area contributed by atoms with E-state index in [4.69, 9.17) is 14.0 Å². The van der Waals surface area contributed by atoms with Crippen molar-refractivity contribution < 1.29 is 37.6 Å². The standard InChI is InChI=1S/C43H73O8P/c1-4-6-8-10-12-14-16-18-20-21-22-24-25-27-29-31-33-35-37-42(44)49-39-41(40-50-52(46,47)48-3)51-43(45)38-36-34-32-30-28-26-23-19-17-15-13-11-9-7-5-2/h7,9,13-16,19-21,23,28,30,41H,4-6,8,10-12,17-18,22,24-27,29,31-40H2,1-3H3,(H,46,47)/b9-7-,15-13-,16-14-,21-20-,23-19-,30-28-. The summed E-state index contributed by atoms with van der Waals surface area (Å²) in [5, 5.41) is 0. The third-order valence-corrected chi connectivity index (χ3v) is 9.12. The molecule has 0 aromatic rings. The Balaban J connectivity index is 4.12. The normalized spacial score (nSPS) is 14.2. The average molecular weight is 749 g/mol. The molecule has 0 aromatic carbocycles. The highest BCUT2D eigenvalue weighted by Gasteiger charge is 2.24. The largest absolute Gasteiger partial charge is 0.472 e. The molecule has 0 saturated carbocycles. The second-order valence-electron chi connectivity index (χ2n) is 13.0. The van der Waals surface area contributed by atoms with Crippen molar-refractivity contribution in [2.75, 3.05) is 20.3 Å². The molecule has 8 nitrogen and oxygen atoms in total. The Morgan fingerprint density at radius 3 is 1.50 bits per heavy atom. The molecule has 0 heterocycles. The van der Waals surface area contributed by atoms with E-state index in [0.717, 1.165) is 84.2 Å². The van der Waals surface area contributed by atoms with Gasteiger partial charge in [0, 0.05) is 20.0 Å². The van der Waals surface area contributed by atoms with Crippen LogP contribution in [0.3, 0.4) is 0 Å². The van der Waals surface area contributed by atoms with E-state index in [2.05, 4.69) is 91.3 Å². The van der Waals surface area contributed by atoms with Crippen molar-refractivity contribution >= 4 is 19.8 Å². The Morgan fingerprint density at radius 1 is 0.558 bits per heavy atom. The van der Waals surface area contributed by atoms with Crippen molar-refractivity contribution in [3.8, 4) is 0 Å². The summed E-state index contributed by atoms with van der Waals surface area (Å²) in [4.78, 5) is 34.4. The van der Waals surface area contributed by atoms with Gasteiger partial charge in [-0.05, 0) is 83.5 Å². The summed E-state index contributed by atoms with van der Waals surface area (Å²) >= 11 is 0. The molecule has 0 bridgehead atoms. The van der Waals surface area contributed by atoms with Gasteiger partial charge in [0.1, 0.15) is 6.61 Å². The fraction of sp³-hybridized carbons (Fsp3) is 0.674. The van der Waals surface area contributed by atoms with Gasteiger partial charge in [-0.15, -0.1) is 0 Å². The number of carbonyl (C=O) groups is 2. The van der Waals surface area contributed by atoms with Crippen LogP contribution in [0.2, 0.25) is 0 Å². The zero-order valence-electron chi connectivity index (χ0n) is 32.9. The molecule has 0 saturated heterocycles. The van der Waals surface area contributed by atoms with E-state index in [1.54, 1.807) is 0 Å². The molecule has 0 aliphatic heterocycles. The molecule has 0 amide bonds. The van der Waals surface area contributed by atoms with Crippen LogP contribution in [0.1, 0.15) is 162 Å². The van der Waals surface area contributed by atoms with Crippen molar-refractivity contribution in [1.29, 1.82) is 0 Å². The van der Waals surface area contributed by atoms with E-state index in [9.17, 15) is 19.0 Å². The lowest BCUT2D eigenvalue weighted by Crippen LogP contribution is -2.29. The highest BCUT2D eigenvalue weighted by Crippen LogP contribution is 2.42. The van der Waals surface area contributed by atoms with Gasteiger partial charge in [-0.25, -0.2) is 4.57 Å². The van der Waals surface area contributed by atoms with Gasteiger partial charge < -0.3 is 14.4 Å². The smallest absolute Gasteiger partial charge is 0.462 e. The van der Waals surface area contributed by atoms with Crippen molar-refractivity contribution in [2.24, 2.45) is 0 Å². The van der Waals surface area contributed by atoms with Crippen molar-refractivity contribution in [2.45, 2.75) is 168 Å². The Hall–Kier alpha value is -2.51. The summed E-state index contributed by atoms with van der Waals surface area (Å²) in [5.74, 6) is -0.868. The van der Waals surface area contributed by atoms with Crippen LogP contribution < -0.4 is 0 Å². The Kier molecular flexibility index (Phi) is 36.4. The molecule has 1 N–H and O–H groups in total. The van der Waals surface area contributed by atoms with Gasteiger partial charge >= 0.3 is 19.8 Å². The molecule has 52 heavy (non-hydrogen) atoms. The maximum atomic E-state index is 12.5. The third-order valence-electron chi connectivity index (χ3n) is 8.18. The van der Waals surface area contributed by atoms with E-state index in [0.29, 0.717) is 6.42 Å². The minimum atomic E-state index is -4.28. The third kappa shape index (κ3) is 37.3. The molecule has 0 aliphatic carbocycles. The van der Waals surface area contributed by atoms with Crippen LogP contribution in [0.4, 0.5) is 0 Å². The molecule has 0 rings (SSSR count).